The number of hydrogen-bond donors (Lipinski definition) is 2. The molecule has 1 saturated heterocycles. The fourth-order valence-electron chi connectivity index (χ4n) is 4.08. The number of methoxy groups -OCH3 is 1. The second kappa shape index (κ2) is 9.07. The van der Waals surface area contributed by atoms with Crippen LogP contribution in [0.4, 0.5) is 10.5 Å². The molecule has 2 amide bonds. The van der Waals surface area contributed by atoms with E-state index in [0.29, 0.717) is 6.61 Å². The van der Waals surface area contributed by atoms with Crippen LogP contribution in [-0.2, 0) is 4.74 Å². The fourth-order valence-corrected chi connectivity index (χ4v) is 4.08. The summed E-state index contributed by atoms with van der Waals surface area (Å²) in [6.07, 6.45) is 0. The number of hydrogen-bond acceptors (Lipinski definition) is 3. The van der Waals surface area contributed by atoms with E-state index in [1.807, 2.05) is 36.4 Å². The number of ether oxygens (including phenoxy) is 1. The molecule has 29 heavy (non-hydrogen) atoms. The minimum absolute atomic E-state index is 0.0507. The third-order valence-electron chi connectivity index (χ3n) is 5.56. The van der Waals surface area contributed by atoms with Gasteiger partial charge in [-0.15, -0.1) is 0 Å². The summed E-state index contributed by atoms with van der Waals surface area (Å²) in [4.78, 5) is 15.1. The summed E-state index contributed by atoms with van der Waals surface area (Å²) in [5.74, 6) is 0.260. The predicted molar refractivity (Wildman–Crippen MR) is 117 cm³/mol. The van der Waals surface area contributed by atoms with Gasteiger partial charge in [-0.2, -0.15) is 0 Å². The highest BCUT2D eigenvalue weighted by Crippen LogP contribution is 2.27. The number of benzene rings is 3. The topological polar surface area (TPSA) is 53.6 Å². The number of nitrogens with zero attached hydrogens (tertiary/aromatic N) is 1. The molecule has 1 aliphatic heterocycles. The first kappa shape index (κ1) is 19.4. The summed E-state index contributed by atoms with van der Waals surface area (Å²) < 4.78 is 5.23. The van der Waals surface area contributed by atoms with Crippen LogP contribution in [0, 0.1) is 0 Å². The number of fused-ring (bicyclic) bond motifs is 1. The van der Waals surface area contributed by atoms with Crippen molar-refractivity contribution in [3.05, 3.63) is 78.4 Å². The van der Waals surface area contributed by atoms with Crippen molar-refractivity contribution in [3.8, 4) is 0 Å². The van der Waals surface area contributed by atoms with Crippen molar-refractivity contribution >= 4 is 22.5 Å². The third-order valence-corrected chi connectivity index (χ3v) is 5.56. The second-order valence-corrected chi connectivity index (χ2v) is 7.54. The van der Waals surface area contributed by atoms with Crippen molar-refractivity contribution in [2.24, 2.45) is 0 Å². The van der Waals surface area contributed by atoms with Crippen molar-refractivity contribution in [1.29, 1.82) is 0 Å². The molecule has 4 rings (SSSR count). The molecule has 1 aliphatic rings. The fraction of sp³-hybridized carbons (Fsp3) is 0.292. The molecule has 5 nitrogen and oxygen atoms in total. The first-order valence-corrected chi connectivity index (χ1v) is 10.1. The molecule has 1 heterocycles. The number of amides is 2. The monoisotopic (exact) mass is 389 g/mol. The number of urea groups is 1. The number of carbonyl (C=O) groups is 1. The maximum Gasteiger partial charge on any atom is 0.319 e. The zero-order chi connectivity index (χ0) is 20.1. The van der Waals surface area contributed by atoms with Crippen LogP contribution in [0.25, 0.3) is 10.8 Å². The summed E-state index contributed by atoms with van der Waals surface area (Å²) in [6, 6.07) is 24.4. The van der Waals surface area contributed by atoms with Crippen LogP contribution in [0.5, 0.6) is 0 Å². The molecule has 0 aromatic heterocycles. The lowest BCUT2D eigenvalue weighted by Crippen LogP contribution is -2.42. The molecule has 0 radical (unpaired) electrons. The third kappa shape index (κ3) is 4.75. The first-order chi connectivity index (χ1) is 14.2. The van der Waals surface area contributed by atoms with Gasteiger partial charge in [0.25, 0.3) is 0 Å². The lowest BCUT2D eigenvalue weighted by molar-refractivity contribution is 0.159. The molecule has 3 aromatic carbocycles. The molecule has 0 unspecified atom stereocenters. The Morgan fingerprint density at radius 3 is 2.55 bits per heavy atom. The van der Waals surface area contributed by atoms with E-state index in [2.05, 4.69) is 51.9 Å². The molecule has 0 spiro atoms. The van der Waals surface area contributed by atoms with Gasteiger partial charge in [0.15, 0.2) is 0 Å². The Morgan fingerprint density at radius 2 is 1.76 bits per heavy atom. The molecule has 0 bridgehead atoms. The zero-order valence-electron chi connectivity index (χ0n) is 16.7. The highest BCUT2D eigenvalue weighted by Gasteiger charge is 2.34. The Morgan fingerprint density at radius 1 is 1.00 bits per heavy atom. The van der Waals surface area contributed by atoms with Gasteiger partial charge in [0.2, 0.25) is 0 Å². The molecule has 3 aromatic rings. The summed E-state index contributed by atoms with van der Waals surface area (Å²) in [5, 5.41) is 8.47. The van der Waals surface area contributed by atoms with Crippen LogP contribution in [0.3, 0.4) is 0 Å². The quantitative estimate of drug-likeness (QED) is 0.668. The molecule has 2 atom stereocenters. The summed E-state index contributed by atoms with van der Waals surface area (Å²) >= 11 is 0. The molecular formula is C24H27N3O2. The molecule has 2 N–H and O–H groups in total. The average molecular weight is 389 g/mol. The van der Waals surface area contributed by atoms with Crippen LogP contribution in [0.2, 0.25) is 0 Å². The number of anilines is 1. The van der Waals surface area contributed by atoms with Gasteiger partial charge in [0.1, 0.15) is 0 Å². The van der Waals surface area contributed by atoms with Crippen LogP contribution >= 0.6 is 0 Å². The first-order valence-electron chi connectivity index (χ1n) is 10.1. The van der Waals surface area contributed by atoms with E-state index in [-0.39, 0.29) is 18.0 Å². The van der Waals surface area contributed by atoms with Gasteiger partial charge in [0, 0.05) is 38.3 Å². The van der Waals surface area contributed by atoms with Gasteiger partial charge in [-0.05, 0) is 28.5 Å². The maximum absolute atomic E-state index is 12.7. The van der Waals surface area contributed by atoms with Crippen molar-refractivity contribution in [3.63, 3.8) is 0 Å². The van der Waals surface area contributed by atoms with Gasteiger partial charge in [-0.1, -0.05) is 60.7 Å². The van der Waals surface area contributed by atoms with Crippen LogP contribution in [0.15, 0.2) is 72.8 Å². The molecule has 0 saturated carbocycles. The van der Waals surface area contributed by atoms with Crippen LogP contribution in [0.1, 0.15) is 11.5 Å². The van der Waals surface area contributed by atoms with Gasteiger partial charge in [-0.25, -0.2) is 4.79 Å². The van der Waals surface area contributed by atoms with E-state index in [0.717, 1.165) is 36.1 Å². The average Bonchev–Trinajstić information content (AvgIpc) is 3.15. The molecule has 150 valence electrons. The van der Waals surface area contributed by atoms with Crippen LogP contribution < -0.4 is 10.6 Å². The van der Waals surface area contributed by atoms with E-state index in [1.54, 1.807) is 7.11 Å². The van der Waals surface area contributed by atoms with E-state index >= 15 is 0 Å². The highest BCUT2D eigenvalue weighted by atomic mass is 16.5. The van der Waals surface area contributed by atoms with Gasteiger partial charge in [0.05, 0.1) is 12.6 Å². The van der Waals surface area contributed by atoms with Crippen molar-refractivity contribution in [1.82, 2.24) is 10.2 Å². The van der Waals surface area contributed by atoms with Gasteiger partial charge < -0.3 is 15.4 Å². The highest BCUT2D eigenvalue weighted by molar-refractivity contribution is 5.93. The number of nitrogens with one attached hydrogen (secondary N) is 2. The number of likely N-dealkylation sites (tertiary alicyclic amines) is 1. The smallest absolute Gasteiger partial charge is 0.319 e. The predicted octanol–water partition coefficient (Wildman–Crippen LogP) is 4.08. The normalized spacial score (nSPS) is 19.3. The van der Waals surface area contributed by atoms with E-state index in [9.17, 15) is 4.79 Å². The molecule has 1 fully saturated rings. The molecular weight excluding hydrogens is 362 g/mol. The lowest BCUT2D eigenvalue weighted by Gasteiger charge is -2.20. The second-order valence-electron chi connectivity index (χ2n) is 7.54. The Labute approximate surface area is 171 Å². The van der Waals surface area contributed by atoms with Crippen molar-refractivity contribution in [2.45, 2.75) is 12.0 Å². The standard InChI is InChI=1S/C24H27N3O2/c1-29-14-13-27-16-22(19-8-3-2-4-9-19)23(17-27)26-24(28)25-21-12-11-18-7-5-6-10-20(18)15-21/h2-12,15,22-23H,13-14,16-17H2,1H3,(H2,25,26,28)/t22-,23+/m0/s1. The number of rotatable bonds is 6. The van der Waals surface area contributed by atoms with E-state index in [4.69, 9.17) is 4.74 Å². The Kier molecular flexibility index (Phi) is 6.08. The summed E-state index contributed by atoms with van der Waals surface area (Å²) in [7, 11) is 1.72. The lowest BCUT2D eigenvalue weighted by atomic mass is 9.94. The minimum Gasteiger partial charge on any atom is -0.383 e. The van der Waals surface area contributed by atoms with Crippen LogP contribution in [-0.4, -0.2) is 50.3 Å². The largest absolute Gasteiger partial charge is 0.383 e. The molecule has 0 aliphatic carbocycles. The summed E-state index contributed by atoms with van der Waals surface area (Å²) in [5.41, 5.74) is 2.05. The van der Waals surface area contributed by atoms with E-state index in [1.165, 1.54) is 5.56 Å². The number of carbonyl (C=O) groups excluding carboxylic acids is 1. The summed E-state index contributed by atoms with van der Waals surface area (Å²) in [6.45, 7) is 3.28. The molecule has 5 heteroatoms. The maximum atomic E-state index is 12.7. The Hall–Kier alpha value is -2.89. The van der Waals surface area contributed by atoms with Crippen molar-refractivity contribution in [2.75, 3.05) is 38.7 Å². The van der Waals surface area contributed by atoms with Crippen molar-refractivity contribution < 1.29 is 9.53 Å². The Bertz CT molecular complexity index is 961. The zero-order valence-corrected chi connectivity index (χ0v) is 16.7. The Balaban J connectivity index is 1.45. The minimum atomic E-state index is -0.167. The van der Waals surface area contributed by atoms with Gasteiger partial charge >= 0.3 is 6.03 Å². The van der Waals surface area contributed by atoms with Gasteiger partial charge in [-0.3, -0.25) is 4.90 Å². The SMILES string of the molecule is COCCN1C[C@@H](NC(=O)Nc2ccc3ccccc3c2)[C@H](c2ccccc2)C1. The van der Waals surface area contributed by atoms with E-state index < -0.39 is 0 Å².